The Morgan fingerprint density at radius 2 is 1.84 bits per heavy atom. The zero-order valence-electron chi connectivity index (χ0n) is 17.2. The number of piperidine rings is 1. The second kappa shape index (κ2) is 8.94. The van der Waals surface area contributed by atoms with Gasteiger partial charge in [-0.05, 0) is 36.6 Å². The van der Waals surface area contributed by atoms with E-state index < -0.39 is 33.6 Å². The van der Waals surface area contributed by atoms with Crippen LogP contribution in [0.25, 0.3) is 0 Å². The van der Waals surface area contributed by atoms with Gasteiger partial charge in [0, 0.05) is 38.8 Å². The van der Waals surface area contributed by atoms with Gasteiger partial charge in [-0.3, -0.25) is 9.59 Å². The minimum atomic E-state index is -4.46. The maximum absolute atomic E-state index is 12.8. The van der Waals surface area contributed by atoms with Crippen molar-refractivity contribution in [3.63, 3.8) is 0 Å². The van der Waals surface area contributed by atoms with Crippen LogP contribution in [-0.4, -0.2) is 42.2 Å². The van der Waals surface area contributed by atoms with Crippen LogP contribution in [0.15, 0.2) is 41.4 Å². The molecule has 12 heteroatoms. The molecule has 0 unspecified atom stereocenters. The van der Waals surface area contributed by atoms with Crippen LogP contribution in [-0.2, 0) is 34.6 Å². The molecule has 3 N–H and O–H groups in total. The Balaban J connectivity index is 1.58. The van der Waals surface area contributed by atoms with E-state index >= 15 is 0 Å². The molecule has 0 radical (unpaired) electrons. The first kappa shape index (κ1) is 23.8. The Kier molecular flexibility index (Phi) is 6.65. The highest BCUT2D eigenvalue weighted by Crippen LogP contribution is 2.29. The number of hydrogen-bond acceptors (Lipinski definition) is 4. The minimum absolute atomic E-state index is 0.0544. The molecule has 0 aliphatic carbocycles. The van der Waals surface area contributed by atoms with E-state index in [4.69, 9.17) is 5.73 Å². The normalized spacial score (nSPS) is 16.1. The van der Waals surface area contributed by atoms with Crippen molar-refractivity contribution in [1.82, 2.24) is 14.2 Å². The zero-order chi connectivity index (χ0) is 23.7. The van der Waals surface area contributed by atoms with Gasteiger partial charge in [0.15, 0.2) is 0 Å². The van der Waals surface area contributed by atoms with Crippen LogP contribution in [0.5, 0.6) is 0 Å². The van der Waals surface area contributed by atoms with E-state index in [9.17, 15) is 31.2 Å². The molecular formula is C20H23F3N4O4S. The Bertz CT molecular complexity index is 1120. The van der Waals surface area contributed by atoms with E-state index in [1.165, 1.54) is 40.3 Å². The summed E-state index contributed by atoms with van der Waals surface area (Å²) in [7, 11) is -2.34. The number of nitrogens with two attached hydrogens (primary N) is 1. The smallest absolute Gasteiger partial charge is 0.364 e. The van der Waals surface area contributed by atoms with Crippen LogP contribution in [0.4, 0.5) is 13.2 Å². The number of halogens is 3. The fourth-order valence-electron chi connectivity index (χ4n) is 3.62. The molecule has 1 aliphatic rings. The van der Waals surface area contributed by atoms with E-state index in [1.807, 2.05) is 0 Å². The summed E-state index contributed by atoms with van der Waals surface area (Å²) in [5, 5.41) is 2.63. The van der Waals surface area contributed by atoms with Crippen molar-refractivity contribution < 1.29 is 31.2 Å². The number of carbonyl (C=O) groups excluding carboxylic acids is 2. The van der Waals surface area contributed by atoms with Crippen molar-refractivity contribution in [1.29, 1.82) is 0 Å². The van der Waals surface area contributed by atoms with Crippen LogP contribution in [0.3, 0.4) is 0 Å². The molecule has 1 aromatic heterocycles. The number of amides is 2. The first-order valence-electron chi connectivity index (χ1n) is 9.80. The predicted octanol–water partition coefficient (Wildman–Crippen LogP) is 1.86. The summed E-state index contributed by atoms with van der Waals surface area (Å²) in [6.07, 6.45) is -2.62. The van der Waals surface area contributed by atoms with Crippen LogP contribution < -0.4 is 11.1 Å². The monoisotopic (exact) mass is 472 g/mol. The number of aromatic nitrogens is 1. The molecule has 1 aliphatic heterocycles. The lowest BCUT2D eigenvalue weighted by Gasteiger charge is -2.30. The molecule has 0 spiro atoms. The third-order valence-electron chi connectivity index (χ3n) is 5.42. The van der Waals surface area contributed by atoms with Crippen molar-refractivity contribution in [2.45, 2.75) is 30.5 Å². The first-order valence-corrected chi connectivity index (χ1v) is 11.2. The second-order valence-corrected chi connectivity index (χ2v) is 9.57. The van der Waals surface area contributed by atoms with Crippen molar-refractivity contribution in [2.75, 3.05) is 13.1 Å². The van der Waals surface area contributed by atoms with Gasteiger partial charge >= 0.3 is 6.18 Å². The molecule has 0 atom stereocenters. The third kappa shape index (κ3) is 5.13. The van der Waals surface area contributed by atoms with Crippen molar-refractivity contribution in [3.05, 3.63) is 53.3 Å². The van der Waals surface area contributed by atoms with Gasteiger partial charge in [-0.2, -0.15) is 17.5 Å². The number of primary amides is 1. The molecule has 3 rings (SSSR count). The summed E-state index contributed by atoms with van der Waals surface area (Å²) < 4.78 is 66.7. The molecule has 8 nitrogen and oxygen atoms in total. The van der Waals surface area contributed by atoms with Crippen molar-refractivity contribution >= 4 is 21.8 Å². The van der Waals surface area contributed by atoms with E-state index in [-0.39, 0.29) is 49.0 Å². The maximum Gasteiger partial charge on any atom is 0.416 e. The lowest BCUT2D eigenvalue weighted by Crippen LogP contribution is -2.42. The molecule has 2 heterocycles. The Labute approximate surface area is 183 Å². The number of sulfonamides is 1. The molecule has 1 aromatic carbocycles. The van der Waals surface area contributed by atoms with Crippen LogP contribution in [0, 0.1) is 5.92 Å². The number of rotatable bonds is 6. The highest BCUT2D eigenvalue weighted by atomic mass is 32.2. The number of hydrogen-bond donors (Lipinski definition) is 2. The third-order valence-corrected chi connectivity index (χ3v) is 7.28. The minimum Gasteiger partial charge on any atom is -0.364 e. The maximum atomic E-state index is 12.8. The number of nitrogens with one attached hydrogen (secondary N) is 1. The molecule has 1 saturated heterocycles. The van der Waals surface area contributed by atoms with Gasteiger partial charge in [-0.1, -0.05) is 12.1 Å². The van der Waals surface area contributed by atoms with Gasteiger partial charge in [-0.15, -0.1) is 0 Å². The Morgan fingerprint density at radius 1 is 1.19 bits per heavy atom. The highest BCUT2D eigenvalue weighted by Gasteiger charge is 2.33. The summed E-state index contributed by atoms with van der Waals surface area (Å²) in [5.41, 5.74) is 4.83. The molecule has 32 heavy (non-hydrogen) atoms. The Hall–Kier alpha value is -2.86. The van der Waals surface area contributed by atoms with E-state index in [2.05, 4.69) is 5.32 Å². The van der Waals surface area contributed by atoms with Gasteiger partial charge in [0.1, 0.15) is 10.6 Å². The van der Waals surface area contributed by atoms with E-state index in [1.54, 1.807) is 0 Å². The lowest BCUT2D eigenvalue weighted by molar-refractivity contribution is -0.137. The average Bonchev–Trinajstić information content (AvgIpc) is 3.14. The zero-order valence-corrected chi connectivity index (χ0v) is 18.0. The number of alkyl halides is 3. The summed E-state index contributed by atoms with van der Waals surface area (Å²) in [6, 6.07) is 5.92. The average molecular weight is 472 g/mol. The molecule has 1 fully saturated rings. The van der Waals surface area contributed by atoms with Gasteiger partial charge in [0.05, 0.1) is 5.56 Å². The quantitative estimate of drug-likeness (QED) is 0.668. The second-order valence-electron chi connectivity index (χ2n) is 7.63. The Morgan fingerprint density at radius 3 is 2.41 bits per heavy atom. The topological polar surface area (TPSA) is 114 Å². The van der Waals surface area contributed by atoms with Crippen LogP contribution in [0.1, 0.15) is 34.5 Å². The molecule has 2 aromatic rings. The number of aryl methyl sites for hydroxylation is 1. The number of nitrogens with zero attached hydrogens (tertiary/aromatic N) is 2. The molecule has 0 bridgehead atoms. The van der Waals surface area contributed by atoms with Gasteiger partial charge in [0.25, 0.3) is 5.91 Å². The summed E-state index contributed by atoms with van der Waals surface area (Å²) in [6.45, 7) is 0.150. The first-order chi connectivity index (χ1) is 14.9. The fraction of sp³-hybridized carbons (Fsp3) is 0.400. The largest absolute Gasteiger partial charge is 0.416 e. The molecular weight excluding hydrogens is 449 g/mol. The van der Waals surface area contributed by atoms with Crippen LogP contribution in [0.2, 0.25) is 0 Å². The van der Waals surface area contributed by atoms with Crippen molar-refractivity contribution in [2.24, 2.45) is 18.7 Å². The van der Waals surface area contributed by atoms with E-state index in [0.717, 1.165) is 12.1 Å². The van der Waals surface area contributed by atoms with Gasteiger partial charge in [0.2, 0.25) is 15.9 Å². The molecule has 2 amide bonds. The number of benzene rings is 1. The van der Waals surface area contributed by atoms with Gasteiger partial charge in [-0.25, -0.2) is 8.42 Å². The fourth-order valence-corrected chi connectivity index (χ4v) is 5.16. The highest BCUT2D eigenvalue weighted by molar-refractivity contribution is 7.89. The van der Waals surface area contributed by atoms with Crippen molar-refractivity contribution in [3.8, 4) is 0 Å². The summed E-state index contributed by atoms with van der Waals surface area (Å²) in [5.74, 6) is -1.54. The predicted molar refractivity (Wildman–Crippen MR) is 109 cm³/mol. The van der Waals surface area contributed by atoms with Gasteiger partial charge < -0.3 is 15.6 Å². The van der Waals surface area contributed by atoms with Crippen LogP contribution >= 0.6 is 0 Å². The SMILES string of the molecule is Cn1cc(S(=O)(=O)N2CCC(C(=O)NCc3cccc(C(F)(F)F)c3)CC2)cc1C(N)=O. The molecule has 0 saturated carbocycles. The van der Waals surface area contributed by atoms with E-state index in [0.29, 0.717) is 5.56 Å². The standard InChI is InChI=1S/C20H23F3N4O4S/c1-26-12-16(10-17(26)18(24)28)32(30,31)27-7-5-14(6-8-27)19(29)25-11-13-3-2-4-15(9-13)20(21,22)23/h2-4,9-10,12,14H,5-8,11H2,1H3,(H2,24,28)(H,25,29). The lowest BCUT2D eigenvalue weighted by atomic mass is 9.97. The molecule has 174 valence electrons. The number of carbonyl (C=O) groups is 2. The summed E-state index contributed by atoms with van der Waals surface area (Å²) in [4.78, 5) is 23.8. The summed E-state index contributed by atoms with van der Waals surface area (Å²) >= 11 is 0.